The number of aliphatic hydroxyl groups excluding tert-OH is 1. The van der Waals surface area contributed by atoms with E-state index in [1.807, 2.05) is 0 Å². The van der Waals surface area contributed by atoms with E-state index in [0.29, 0.717) is 28.2 Å². The number of ether oxygens (including phenoxy) is 3. The van der Waals surface area contributed by atoms with Crippen LogP contribution in [-0.2, 0) is 30.5 Å². The van der Waals surface area contributed by atoms with E-state index in [2.05, 4.69) is 16.2 Å². The van der Waals surface area contributed by atoms with Crippen LogP contribution in [-0.4, -0.2) is 45.3 Å². The largest absolute Gasteiger partial charge is 0.508 e. The third-order valence-electron chi connectivity index (χ3n) is 4.76. The van der Waals surface area contributed by atoms with E-state index in [1.54, 1.807) is 48.6 Å². The van der Waals surface area contributed by atoms with Crippen molar-refractivity contribution in [2.75, 3.05) is 28.4 Å². The van der Waals surface area contributed by atoms with Crippen molar-refractivity contribution in [2.45, 2.75) is 6.42 Å². The molecule has 2 rings (SSSR count). The molecule has 0 heterocycles. The number of hydrogen-bond donors (Lipinski definition) is 1. The minimum absolute atomic E-state index is 0.0792. The highest BCUT2D eigenvalue weighted by Gasteiger charge is 2.10. The van der Waals surface area contributed by atoms with Gasteiger partial charge in [-0.2, -0.15) is 4.89 Å². The van der Waals surface area contributed by atoms with Gasteiger partial charge in [0.2, 0.25) is 0 Å². The molecule has 0 spiro atoms. The van der Waals surface area contributed by atoms with Crippen LogP contribution in [0.5, 0.6) is 11.5 Å². The molecule has 0 saturated carbocycles. The number of aliphatic hydroxyl groups is 1. The standard InChI is InChI=1S/C27H28O8/c1-18(35-34-5)24-13-9-20(15-26(24)32-3)8-12-23(29)17-22(28)11-7-19-6-10-21(16-27(30)33-4)25(14-19)31-2/h6-15,17,29H,1,16H2,2-5H3/b11-7+,12-8+,23-17-. The molecule has 35 heavy (non-hydrogen) atoms. The Labute approximate surface area is 204 Å². The predicted molar refractivity (Wildman–Crippen MR) is 133 cm³/mol. The Morgan fingerprint density at radius 3 is 2.17 bits per heavy atom. The number of benzene rings is 2. The monoisotopic (exact) mass is 480 g/mol. The molecule has 0 bridgehead atoms. The van der Waals surface area contributed by atoms with Gasteiger partial charge in [-0.05, 0) is 41.5 Å². The molecule has 8 heteroatoms. The Hall–Kier alpha value is -4.30. The molecule has 0 aliphatic rings. The Morgan fingerprint density at radius 2 is 1.54 bits per heavy atom. The topological polar surface area (TPSA) is 101 Å². The van der Waals surface area contributed by atoms with Crippen LogP contribution in [0.3, 0.4) is 0 Å². The van der Waals surface area contributed by atoms with E-state index in [1.165, 1.54) is 40.6 Å². The van der Waals surface area contributed by atoms with Crippen molar-refractivity contribution in [3.8, 4) is 11.5 Å². The molecule has 8 nitrogen and oxygen atoms in total. The van der Waals surface area contributed by atoms with E-state index in [-0.39, 0.29) is 23.9 Å². The highest BCUT2D eigenvalue weighted by Crippen LogP contribution is 2.27. The third kappa shape index (κ3) is 8.21. The number of ketones is 1. The number of carbonyl (C=O) groups excluding carboxylic acids is 2. The zero-order valence-corrected chi connectivity index (χ0v) is 20.1. The third-order valence-corrected chi connectivity index (χ3v) is 4.76. The van der Waals surface area contributed by atoms with Crippen molar-refractivity contribution in [3.05, 3.63) is 89.2 Å². The molecule has 0 fully saturated rings. The second-order valence-electron chi connectivity index (χ2n) is 7.10. The molecule has 0 aromatic heterocycles. The normalized spacial score (nSPS) is 11.5. The molecule has 0 aliphatic carbocycles. The molecule has 0 saturated heterocycles. The average molecular weight is 481 g/mol. The van der Waals surface area contributed by atoms with Crippen LogP contribution in [0.15, 0.2) is 67.0 Å². The molecule has 0 unspecified atom stereocenters. The van der Waals surface area contributed by atoms with Crippen LogP contribution in [0.1, 0.15) is 22.3 Å². The zero-order valence-electron chi connectivity index (χ0n) is 20.1. The summed E-state index contributed by atoms with van der Waals surface area (Å²) in [6.07, 6.45) is 7.09. The summed E-state index contributed by atoms with van der Waals surface area (Å²) in [4.78, 5) is 33.3. The number of rotatable bonds is 12. The maximum atomic E-state index is 12.2. The van der Waals surface area contributed by atoms with Crippen molar-refractivity contribution >= 4 is 29.7 Å². The molecule has 2 aromatic carbocycles. The van der Waals surface area contributed by atoms with E-state index < -0.39 is 5.78 Å². The zero-order chi connectivity index (χ0) is 25.8. The fourth-order valence-corrected chi connectivity index (χ4v) is 3.03. The Kier molecular flexibility index (Phi) is 10.3. The first kappa shape index (κ1) is 26.9. The molecule has 184 valence electrons. The number of allylic oxidation sites excluding steroid dienone is 3. The molecule has 1 N–H and O–H groups in total. The van der Waals surface area contributed by atoms with E-state index in [0.717, 1.165) is 11.6 Å². The van der Waals surface area contributed by atoms with Crippen molar-refractivity contribution in [1.29, 1.82) is 0 Å². The number of carbonyl (C=O) groups is 2. The first-order chi connectivity index (χ1) is 16.8. The Morgan fingerprint density at radius 1 is 0.914 bits per heavy atom. The van der Waals surface area contributed by atoms with Gasteiger partial charge in [0, 0.05) is 11.6 Å². The van der Waals surface area contributed by atoms with Gasteiger partial charge in [0.15, 0.2) is 11.5 Å². The lowest BCUT2D eigenvalue weighted by molar-refractivity contribution is -0.207. The SMILES string of the molecule is C=C(OOC)c1ccc(/C=C/C(O)=C/C(=O)/C=C/c2ccc(CC(=O)OC)c(OC)c2)cc1OC. The molecular formula is C27H28O8. The Balaban J connectivity index is 2.08. The maximum absolute atomic E-state index is 12.2. The first-order valence-electron chi connectivity index (χ1n) is 10.4. The van der Waals surface area contributed by atoms with Gasteiger partial charge in [-0.25, -0.2) is 0 Å². The van der Waals surface area contributed by atoms with E-state index in [9.17, 15) is 14.7 Å². The van der Waals surface area contributed by atoms with Crippen LogP contribution in [0.2, 0.25) is 0 Å². The van der Waals surface area contributed by atoms with Crippen LogP contribution in [0.25, 0.3) is 17.9 Å². The second-order valence-corrected chi connectivity index (χ2v) is 7.10. The lowest BCUT2D eigenvalue weighted by Crippen LogP contribution is -2.05. The minimum Gasteiger partial charge on any atom is -0.508 e. The predicted octanol–water partition coefficient (Wildman–Crippen LogP) is 4.71. The number of esters is 1. The summed E-state index contributed by atoms with van der Waals surface area (Å²) in [6.45, 7) is 3.76. The summed E-state index contributed by atoms with van der Waals surface area (Å²) in [7, 11) is 5.70. The average Bonchev–Trinajstić information content (AvgIpc) is 2.86. The van der Waals surface area contributed by atoms with Crippen molar-refractivity contribution in [2.24, 2.45) is 0 Å². The molecule has 0 aliphatic heterocycles. The van der Waals surface area contributed by atoms with Gasteiger partial charge in [0.05, 0.1) is 40.4 Å². The van der Waals surface area contributed by atoms with Gasteiger partial charge in [0.25, 0.3) is 0 Å². The highest BCUT2D eigenvalue weighted by atomic mass is 17.2. The quantitative estimate of drug-likeness (QED) is 0.116. The number of methoxy groups -OCH3 is 3. The first-order valence-corrected chi connectivity index (χ1v) is 10.4. The second kappa shape index (κ2) is 13.4. The Bertz CT molecular complexity index is 1160. The summed E-state index contributed by atoms with van der Waals surface area (Å²) < 4.78 is 15.3. The van der Waals surface area contributed by atoms with Crippen LogP contribution >= 0.6 is 0 Å². The van der Waals surface area contributed by atoms with Crippen LogP contribution in [0, 0.1) is 0 Å². The van der Waals surface area contributed by atoms with Gasteiger partial charge in [-0.1, -0.05) is 36.9 Å². The fraction of sp³-hybridized carbons (Fsp3) is 0.185. The van der Waals surface area contributed by atoms with Gasteiger partial charge in [0.1, 0.15) is 17.3 Å². The van der Waals surface area contributed by atoms with Gasteiger partial charge < -0.3 is 24.2 Å². The summed E-state index contributed by atoms with van der Waals surface area (Å²) in [5.74, 6) is 0.285. The molecule has 2 aromatic rings. The highest BCUT2D eigenvalue weighted by molar-refractivity contribution is 6.02. The molecule has 0 atom stereocenters. The maximum Gasteiger partial charge on any atom is 0.310 e. The fourth-order valence-electron chi connectivity index (χ4n) is 3.03. The van der Waals surface area contributed by atoms with Gasteiger partial charge in [-0.3, -0.25) is 9.59 Å². The van der Waals surface area contributed by atoms with Crippen LogP contribution in [0.4, 0.5) is 0 Å². The smallest absolute Gasteiger partial charge is 0.310 e. The van der Waals surface area contributed by atoms with E-state index >= 15 is 0 Å². The summed E-state index contributed by atoms with van der Waals surface area (Å²) >= 11 is 0. The van der Waals surface area contributed by atoms with Crippen molar-refractivity contribution < 1.29 is 38.7 Å². The molecule has 0 radical (unpaired) electrons. The van der Waals surface area contributed by atoms with Gasteiger partial charge in [-0.15, -0.1) is 0 Å². The lowest BCUT2D eigenvalue weighted by atomic mass is 10.1. The van der Waals surface area contributed by atoms with Crippen molar-refractivity contribution in [3.63, 3.8) is 0 Å². The summed E-state index contributed by atoms with van der Waals surface area (Å²) in [5.41, 5.74) is 2.70. The minimum atomic E-state index is -0.411. The number of hydrogen-bond acceptors (Lipinski definition) is 8. The summed E-state index contributed by atoms with van der Waals surface area (Å²) in [6, 6.07) is 10.4. The molecular weight excluding hydrogens is 452 g/mol. The van der Waals surface area contributed by atoms with Crippen LogP contribution < -0.4 is 9.47 Å². The van der Waals surface area contributed by atoms with E-state index in [4.69, 9.17) is 14.4 Å². The van der Waals surface area contributed by atoms with Crippen molar-refractivity contribution in [1.82, 2.24) is 0 Å². The lowest BCUT2D eigenvalue weighted by Gasteiger charge is -2.10. The molecule has 0 amide bonds. The van der Waals surface area contributed by atoms with Gasteiger partial charge >= 0.3 is 5.97 Å². The summed E-state index contributed by atoms with van der Waals surface area (Å²) in [5, 5.41) is 10.1.